The lowest BCUT2D eigenvalue weighted by Gasteiger charge is -2.27. The van der Waals surface area contributed by atoms with E-state index in [1.807, 2.05) is 30.3 Å². The minimum atomic E-state index is -0.161. The number of carbonyl (C=O) groups is 2. The highest BCUT2D eigenvalue weighted by Gasteiger charge is 2.22. The van der Waals surface area contributed by atoms with E-state index >= 15 is 0 Å². The Morgan fingerprint density at radius 1 is 1.21 bits per heavy atom. The maximum atomic E-state index is 12.3. The van der Waals surface area contributed by atoms with E-state index < -0.39 is 0 Å². The third-order valence-electron chi connectivity index (χ3n) is 5.12. The number of rotatable bonds is 8. The fourth-order valence-corrected chi connectivity index (χ4v) is 3.48. The molecule has 1 saturated heterocycles. The zero-order valence-electron chi connectivity index (χ0n) is 16.6. The van der Waals surface area contributed by atoms with Crippen LogP contribution in [-0.2, 0) is 22.7 Å². The first-order valence-corrected chi connectivity index (χ1v) is 9.81. The van der Waals surface area contributed by atoms with Crippen LogP contribution in [0.4, 0.5) is 5.95 Å². The molecule has 3 rings (SSSR count). The van der Waals surface area contributed by atoms with Gasteiger partial charge in [0, 0.05) is 13.0 Å². The largest absolute Gasteiger partial charge is 0.350 e. The Morgan fingerprint density at radius 2 is 1.93 bits per heavy atom. The van der Waals surface area contributed by atoms with Crippen molar-refractivity contribution in [3.05, 3.63) is 42.2 Å². The molecule has 9 heteroatoms. The first kappa shape index (κ1) is 22.8. The van der Waals surface area contributed by atoms with Crippen molar-refractivity contribution >= 4 is 30.2 Å². The van der Waals surface area contributed by atoms with Gasteiger partial charge < -0.3 is 10.6 Å². The van der Waals surface area contributed by atoms with E-state index in [-0.39, 0.29) is 36.7 Å². The van der Waals surface area contributed by atoms with E-state index in [0.29, 0.717) is 24.8 Å². The molecule has 1 aliphatic rings. The number of amides is 2. The molecule has 2 heterocycles. The third kappa shape index (κ3) is 7.47. The molecule has 0 bridgehead atoms. The summed E-state index contributed by atoms with van der Waals surface area (Å²) in [7, 11) is 0. The van der Waals surface area contributed by atoms with Crippen LogP contribution in [0.3, 0.4) is 0 Å². The molecule has 1 aromatic heterocycles. The van der Waals surface area contributed by atoms with Crippen LogP contribution in [0.25, 0.3) is 0 Å². The van der Waals surface area contributed by atoms with Crippen LogP contribution in [0, 0.1) is 11.8 Å². The van der Waals surface area contributed by atoms with E-state index in [1.165, 1.54) is 11.0 Å². The molecule has 1 atom stereocenters. The van der Waals surface area contributed by atoms with E-state index in [0.717, 1.165) is 31.5 Å². The highest BCUT2D eigenvalue weighted by molar-refractivity contribution is 5.89. The molecule has 3 N–H and O–H groups in total. The zero-order valence-corrected chi connectivity index (χ0v) is 17.5. The van der Waals surface area contributed by atoms with Gasteiger partial charge in [-0.3, -0.25) is 14.9 Å². The Balaban J connectivity index is 0.00000300. The van der Waals surface area contributed by atoms with Crippen molar-refractivity contribution in [3.63, 3.8) is 0 Å². The summed E-state index contributed by atoms with van der Waals surface area (Å²) in [4.78, 5) is 28.4. The minimum Gasteiger partial charge on any atom is -0.350 e. The number of hydrogen-bond acceptors (Lipinski definition) is 5. The molecule has 2 amide bonds. The number of hydrogen-bond donors (Lipinski definition) is 3. The average molecular weight is 421 g/mol. The fraction of sp³-hybridized carbons (Fsp3) is 0.500. The maximum Gasteiger partial charge on any atom is 0.248 e. The summed E-state index contributed by atoms with van der Waals surface area (Å²) in [5, 5.41) is 13.1. The molecule has 1 aromatic carbocycles. The third-order valence-corrected chi connectivity index (χ3v) is 5.12. The van der Waals surface area contributed by atoms with Crippen molar-refractivity contribution in [1.82, 2.24) is 25.4 Å². The van der Waals surface area contributed by atoms with Gasteiger partial charge in [-0.1, -0.05) is 37.3 Å². The maximum absolute atomic E-state index is 12.3. The number of nitrogens with zero attached hydrogens (tertiary/aromatic N) is 3. The summed E-state index contributed by atoms with van der Waals surface area (Å²) >= 11 is 0. The van der Waals surface area contributed by atoms with Crippen LogP contribution in [0.2, 0.25) is 0 Å². The molecule has 8 nitrogen and oxygen atoms in total. The van der Waals surface area contributed by atoms with Gasteiger partial charge in [0.05, 0.1) is 0 Å². The molecule has 1 aliphatic heterocycles. The number of carbonyl (C=O) groups excluding carboxylic acids is 2. The summed E-state index contributed by atoms with van der Waals surface area (Å²) in [6, 6.07) is 9.70. The molecule has 0 spiro atoms. The van der Waals surface area contributed by atoms with Gasteiger partial charge >= 0.3 is 0 Å². The topological polar surface area (TPSA) is 101 Å². The lowest BCUT2D eigenvalue weighted by atomic mass is 9.84. The molecular formula is C20H29ClN6O2. The predicted molar refractivity (Wildman–Crippen MR) is 114 cm³/mol. The summed E-state index contributed by atoms with van der Waals surface area (Å²) in [6.07, 6.45) is 4.13. The predicted octanol–water partition coefficient (Wildman–Crippen LogP) is 1.98. The van der Waals surface area contributed by atoms with Crippen molar-refractivity contribution in [1.29, 1.82) is 0 Å². The van der Waals surface area contributed by atoms with Crippen LogP contribution in [0.5, 0.6) is 0 Å². The Labute approximate surface area is 177 Å². The van der Waals surface area contributed by atoms with Crippen molar-refractivity contribution in [2.24, 2.45) is 11.8 Å². The van der Waals surface area contributed by atoms with Gasteiger partial charge in [-0.2, -0.15) is 0 Å². The van der Waals surface area contributed by atoms with Gasteiger partial charge in [0.2, 0.25) is 17.8 Å². The number of nitrogens with one attached hydrogen (secondary N) is 3. The van der Waals surface area contributed by atoms with E-state index in [4.69, 9.17) is 0 Å². The molecule has 2 aromatic rings. The summed E-state index contributed by atoms with van der Waals surface area (Å²) in [6.45, 7) is 4.69. The Kier molecular flexibility index (Phi) is 9.08. The molecule has 29 heavy (non-hydrogen) atoms. The molecule has 158 valence electrons. The van der Waals surface area contributed by atoms with Crippen LogP contribution in [0.1, 0.15) is 31.7 Å². The number of benzene rings is 1. The van der Waals surface area contributed by atoms with Crippen LogP contribution in [-0.4, -0.2) is 39.7 Å². The highest BCUT2D eigenvalue weighted by Crippen LogP contribution is 2.24. The number of anilines is 1. The number of piperidine rings is 1. The second-order valence-electron chi connectivity index (χ2n) is 7.35. The van der Waals surface area contributed by atoms with Crippen LogP contribution < -0.4 is 16.0 Å². The second kappa shape index (κ2) is 11.5. The normalized spacial score (nSPS) is 15.2. The SMILES string of the molecule is CC(CC(=O)Nc1ncn(CC(=O)NCc2ccccc2)n1)C1CCNCC1.Cl. The first-order chi connectivity index (χ1) is 13.6. The zero-order chi connectivity index (χ0) is 19.8. The van der Waals surface area contributed by atoms with Crippen molar-refractivity contribution in [2.75, 3.05) is 18.4 Å². The molecular weight excluding hydrogens is 392 g/mol. The van der Waals surface area contributed by atoms with Gasteiger partial charge in [0.25, 0.3) is 0 Å². The second-order valence-corrected chi connectivity index (χ2v) is 7.35. The van der Waals surface area contributed by atoms with Gasteiger partial charge in [-0.25, -0.2) is 9.67 Å². The van der Waals surface area contributed by atoms with Crippen molar-refractivity contribution in [3.8, 4) is 0 Å². The van der Waals surface area contributed by atoms with Crippen molar-refractivity contribution < 1.29 is 9.59 Å². The summed E-state index contributed by atoms with van der Waals surface area (Å²) in [5.41, 5.74) is 1.03. The molecule has 1 unspecified atom stereocenters. The van der Waals surface area contributed by atoms with E-state index in [2.05, 4.69) is 33.0 Å². The van der Waals surface area contributed by atoms with Gasteiger partial charge in [-0.05, 0) is 43.3 Å². The molecule has 0 aliphatic carbocycles. The average Bonchev–Trinajstić information content (AvgIpc) is 3.14. The molecule has 1 fully saturated rings. The smallest absolute Gasteiger partial charge is 0.248 e. The van der Waals surface area contributed by atoms with Crippen LogP contribution in [0.15, 0.2) is 36.7 Å². The summed E-state index contributed by atoms with van der Waals surface area (Å²) < 4.78 is 1.42. The number of halogens is 1. The van der Waals surface area contributed by atoms with E-state index in [1.54, 1.807) is 0 Å². The van der Waals surface area contributed by atoms with Crippen molar-refractivity contribution in [2.45, 2.75) is 39.3 Å². The Bertz CT molecular complexity index is 776. The fourth-order valence-electron chi connectivity index (χ4n) is 3.48. The van der Waals surface area contributed by atoms with Crippen LogP contribution >= 0.6 is 12.4 Å². The lowest BCUT2D eigenvalue weighted by Crippen LogP contribution is -2.32. The minimum absolute atomic E-state index is 0. The lowest BCUT2D eigenvalue weighted by molar-refractivity contribution is -0.122. The molecule has 0 saturated carbocycles. The van der Waals surface area contributed by atoms with E-state index in [9.17, 15) is 9.59 Å². The Morgan fingerprint density at radius 3 is 2.66 bits per heavy atom. The first-order valence-electron chi connectivity index (χ1n) is 9.81. The van der Waals surface area contributed by atoms with Gasteiger partial charge in [0.15, 0.2) is 0 Å². The Hall–Kier alpha value is -2.45. The quantitative estimate of drug-likeness (QED) is 0.606. The van der Waals surface area contributed by atoms with Gasteiger partial charge in [-0.15, -0.1) is 17.5 Å². The molecule has 0 radical (unpaired) electrons. The monoisotopic (exact) mass is 420 g/mol. The van der Waals surface area contributed by atoms with Gasteiger partial charge in [0.1, 0.15) is 12.9 Å². The number of aromatic nitrogens is 3. The standard InChI is InChI=1S/C20H28N6O2.ClH/c1-15(17-7-9-21-10-8-17)11-18(27)24-20-23-14-26(25-20)13-19(28)22-12-16-5-3-2-4-6-16;/h2-6,14-15,17,21H,7-13H2,1H3,(H,22,28)(H,24,25,27);1H. The summed E-state index contributed by atoms with van der Waals surface area (Å²) in [5.74, 6) is 0.889. The highest BCUT2D eigenvalue weighted by atomic mass is 35.5.